The maximum absolute atomic E-state index is 5.27. The summed E-state index contributed by atoms with van der Waals surface area (Å²) >= 11 is 0. The van der Waals surface area contributed by atoms with Crippen molar-refractivity contribution in [2.75, 3.05) is 0 Å². The minimum atomic E-state index is 0.950. The van der Waals surface area contributed by atoms with Crippen molar-refractivity contribution in [3.63, 3.8) is 0 Å². The van der Waals surface area contributed by atoms with Crippen molar-refractivity contribution in [2.45, 2.75) is 0 Å². The van der Waals surface area contributed by atoms with Gasteiger partial charge >= 0.3 is 0 Å². The fourth-order valence-electron chi connectivity index (χ4n) is 6.91. The van der Waals surface area contributed by atoms with Crippen LogP contribution in [0.15, 0.2) is 200 Å². The summed E-state index contributed by atoms with van der Waals surface area (Å²) in [5.74, 6) is 0. The predicted molar refractivity (Wildman–Crippen MR) is 212 cm³/mol. The van der Waals surface area contributed by atoms with E-state index in [-0.39, 0.29) is 0 Å². The Balaban J connectivity index is 1.11. The zero-order valence-corrected chi connectivity index (χ0v) is 27.5. The lowest BCUT2D eigenvalue weighted by molar-refractivity contribution is 1.32. The third kappa shape index (κ3) is 5.87. The van der Waals surface area contributed by atoms with Gasteiger partial charge in [-0.2, -0.15) is 0 Å². The van der Waals surface area contributed by atoms with Gasteiger partial charge in [0.15, 0.2) is 0 Å². The molecule has 0 spiro atoms. The molecule has 8 aromatic carbocycles. The normalized spacial score (nSPS) is 11.2. The first kappa shape index (κ1) is 29.6. The van der Waals surface area contributed by atoms with Crippen LogP contribution in [0.25, 0.3) is 88.6 Å². The lowest BCUT2D eigenvalue weighted by Gasteiger charge is -2.13. The second kappa shape index (κ2) is 12.8. The molecule has 0 atom stereocenters. The highest BCUT2D eigenvalue weighted by Crippen LogP contribution is 2.35. The van der Waals surface area contributed by atoms with Gasteiger partial charge in [0.1, 0.15) is 0 Å². The SMILES string of the molecule is c1ccc(-c2cccc(-c3cc(-c4ccc(-c5ccc6ccccc6c5)cc4)nc(-c4ccc(-c5ccc6ccccc6c5)cc4)c3)c2)cc1. The fraction of sp³-hybridized carbons (Fsp3) is 0. The Morgan fingerprint density at radius 1 is 0.200 bits per heavy atom. The van der Waals surface area contributed by atoms with E-state index in [2.05, 4.69) is 200 Å². The van der Waals surface area contributed by atoms with Crippen LogP contribution in [0.1, 0.15) is 0 Å². The molecule has 1 heteroatoms. The van der Waals surface area contributed by atoms with Gasteiger partial charge in [-0.1, -0.05) is 170 Å². The van der Waals surface area contributed by atoms with Gasteiger partial charge in [0, 0.05) is 11.1 Å². The van der Waals surface area contributed by atoms with Gasteiger partial charge < -0.3 is 0 Å². The van der Waals surface area contributed by atoms with Crippen LogP contribution in [0.5, 0.6) is 0 Å². The third-order valence-corrected chi connectivity index (χ3v) is 9.66. The zero-order valence-electron chi connectivity index (χ0n) is 27.5. The van der Waals surface area contributed by atoms with Gasteiger partial charge in [-0.05, 0) is 96.4 Å². The molecule has 1 heterocycles. The Labute approximate surface area is 292 Å². The summed E-state index contributed by atoms with van der Waals surface area (Å²) in [5.41, 5.74) is 13.6. The first-order chi connectivity index (χ1) is 24.7. The molecule has 0 aliphatic heterocycles. The molecule has 0 fully saturated rings. The summed E-state index contributed by atoms with van der Waals surface area (Å²) in [7, 11) is 0. The molecule has 0 aliphatic carbocycles. The van der Waals surface area contributed by atoms with E-state index in [4.69, 9.17) is 4.98 Å². The van der Waals surface area contributed by atoms with E-state index in [0.717, 1.165) is 33.6 Å². The summed E-state index contributed by atoms with van der Waals surface area (Å²) in [4.78, 5) is 5.27. The van der Waals surface area contributed by atoms with Crippen molar-refractivity contribution in [3.05, 3.63) is 200 Å². The highest BCUT2D eigenvalue weighted by atomic mass is 14.7. The fourth-order valence-corrected chi connectivity index (χ4v) is 6.91. The van der Waals surface area contributed by atoms with Gasteiger partial charge in [-0.3, -0.25) is 0 Å². The van der Waals surface area contributed by atoms with Crippen LogP contribution >= 0.6 is 0 Å². The average Bonchev–Trinajstić information content (AvgIpc) is 3.21. The van der Waals surface area contributed by atoms with E-state index < -0.39 is 0 Å². The molecule has 1 nitrogen and oxygen atoms in total. The number of pyridine rings is 1. The standard InChI is InChI=1S/C49H33N/c1-2-9-34(10-3-1)43-15-8-16-44(29-43)47-32-48(39-23-17-37(18-24-39)45-27-21-35-11-4-6-13-41(35)30-45)50-49(33-47)40-25-19-38(20-26-40)46-28-22-36-12-5-7-14-42(36)31-46/h1-33H. The topological polar surface area (TPSA) is 12.9 Å². The molecule has 234 valence electrons. The number of hydrogen-bond donors (Lipinski definition) is 0. The van der Waals surface area contributed by atoms with Crippen LogP contribution in [0.4, 0.5) is 0 Å². The number of fused-ring (bicyclic) bond motifs is 2. The Morgan fingerprint density at radius 2 is 0.560 bits per heavy atom. The smallest absolute Gasteiger partial charge is 0.0715 e. The molecule has 9 rings (SSSR count). The maximum Gasteiger partial charge on any atom is 0.0715 e. The average molecular weight is 636 g/mol. The zero-order chi connectivity index (χ0) is 33.3. The molecule has 0 aliphatic rings. The number of aromatic nitrogens is 1. The second-order valence-corrected chi connectivity index (χ2v) is 12.9. The summed E-state index contributed by atoms with van der Waals surface area (Å²) in [6.45, 7) is 0. The molecule has 0 bridgehead atoms. The monoisotopic (exact) mass is 635 g/mol. The second-order valence-electron chi connectivity index (χ2n) is 12.9. The van der Waals surface area contributed by atoms with Crippen LogP contribution in [-0.4, -0.2) is 4.98 Å². The van der Waals surface area contributed by atoms with Crippen molar-refractivity contribution >= 4 is 21.5 Å². The van der Waals surface area contributed by atoms with Crippen molar-refractivity contribution < 1.29 is 0 Å². The number of hydrogen-bond acceptors (Lipinski definition) is 1. The Kier molecular flexibility index (Phi) is 7.57. The molecule has 0 radical (unpaired) electrons. The van der Waals surface area contributed by atoms with Crippen LogP contribution in [0.3, 0.4) is 0 Å². The quantitative estimate of drug-likeness (QED) is 0.177. The maximum atomic E-state index is 5.27. The molecule has 1 aromatic heterocycles. The highest BCUT2D eigenvalue weighted by Gasteiger charge is 2.12. The van der Waals surface area contributed by atoms with Gasteiger partial charge in [0.2, 0.25) is 0 Å². The van der Waals surface area contributed by atoms with E-state index in [1.165, 1.54) is 54.9 Å². The van der Waals surface area contributed by atoms with Crippen LogP contribution < -0.4 is 0 Å². The predicted octanol–water partition coefficient (Wildman–Crippen LogP) is 13.4. The van der Waals surface area contributed by atoms with E-state index in [1.54, 1.807) is 0 Å². The van der Waals surface area contributed by atoms with Gasteiger partial charge in [-0.25, -0.2) is 4.98 Å². The molecule has 0 saturated carbocycles. The van der Waals surface area contributed by atoms with Crippen LogP contribution in [0, 0.1) is 0 Å². The molecule has 0 N–H and O–H groups in total. The summed E-state index contributed by atoms with van der Waals surface area (Å²) in [6, 6.07) is 71.8. The molecular formula is C49H33N. The molecular weight excluding hydrogens is 603 g/mol. The molecule has 0 amide bonds. The summed E-state index contributed by atoms with van der Waals surface area (Å²) in [5, 5.41) is 5.00. The number of rotatable bonds is 6. The molecule has 0 unspecified atom stereocenters. The summed E-state index contributed by atoms with van der Waals surface area (Å²) in [6.07, 6.45) is 0. The minimum absolute atomic E-state index is 0.950. The van der Waals surface area contributed by atoms with Crippen molar-refractivity contribution in [3.8, 4) is 67.0 Å². The Bertz CT molecular complexity index is 2480. The highest BCUT2D eigenvalue weighted by molar-refractivity contribution is 5.89. The molecule has 9 aromatic rings. The third-order valence-electron chi connectivity index (χ3n) is 9.66. The van der Waals surface area contributed by atoms with Crippen LogP contribution in [0.2, 0.25) is 0 Å². The lowest BCUT2D eigenvalue weighted by atomic mass is 9.95. The summed E-state index contributed by atoms with van der Waals surface area (Å²) < 4.78 is 0. The molecule has 50 heavy (non-hydrogen) atoms. The van der Waals surface area contributed by atoms with Crippen LogP contribution in [-0.2, 0) is 0 Å². The number of benzene rings is 8. The first-order valence-corrected chi connectivity index (χ1v) is 17.1. The largest absolute Gasteiger partial charge is 0.248 e. The van der Waals surface area contributed by atoms with Crippen molar-refractivity contribution in [2.24, 2.45) is 0 Å². The Morgan fingerprint density at radius 3 is 1.08 bits per heavy atom. The van der Waals surface area contributed by atoms with E-state index in [9.17, 15) is 0 Å². The van der Waals surface area contributed by atoms with Gasteiger partial charge in [0.25, 0.3) is 0 Å². The van der Waals surface area contributed by atoms with E-state index in [0.29, 0.717) is 0 Å². The van der Waals surface area contributed by atoms with Gasteiger partial charge in [-0.15, -0.1) is 0 Å². The molecule has 0 saturated heterocycles. The van der Waals surface area contributed by atoms with Crippen molar-refractivity contribution in [1.29, 1.82) is 0 Å². The van der Waals surface area contributed by atoms with Gasteiger partial charge in [0.05, 0.1) is 11.4 Å². The van der Waals surface area contributed by atoms with E-state index >= 15 is 0 Å². The van der Waals surface area contributed by atoms with Crippen molar-refractivity contribution in [1.82, 2.24) is 4.98 Å². The number of nitrogens with zero attached hydrogens (tertiary/aromatic N) is 1. The van der Waals surface area contributed by atoms with E-state index in [1.807, 2.05) is 0 Å². The Hall–Kier alpha value is -6.57. The first-order valence-electron chi connectivity index (χ1n) is 17.1. The minimum Gasteiger partial charge on any atom is -0.248 e. The lowest BCUT2D eigenvalue weighted by Crippen LogP contribution is -1.92.